The molecule has 1 aromatic rings. The van der Waals surface area contributed by atoms with Gasteiger partial charge in [-0.1, -0.05) is 35.4 Å². The maximum absolute atomic E-state index is 5.99. The van der Waals surface area contributed by atoms with Crippen molar-refractivity contribution in [2.24, 2.45) is 0 Å². The minimum Gasteiger partial charge on any atom is -0.297 e. The van der Waals surface area contributed by atoms with Gasteiger partial charge in [0.2, 0.25) is 0 Å². The molecule has 0 unspecified atom stereocenters. The molecule has 1 heterocycles. The zero-order valence-electron chi connectivity index (χ0n) is 8.95. The van der Waals surface area contributed by atoms with Gasteiger partial charge in [0.05, 0.1) is 0 Å². The lowest BCUT2D eigenvalue weighted by molar-refractivity contribution is 0.183. The van der Waals surface area contributed by atoms with E-state index in [0.717, 1.165) is 16.6 Å². The Balaban J connectivity index is 1.91. The van der Waals surface area contributed by atoms with E-state index < -0.39 is 0 Å². The van der Waals surface area contributed by atoms with Crippen molar-refractivity contribution in [2.75, 3.05) is 7.05 Å². The Morgan fingerprint density at radius 2 is 2.13 bits per heavy atom. The van der Waals surface area contributed by atoms with Crippen LogP contribution in [0, 0.1) is 0 Å². The van der Waals surface area contributed by atoms with E-state index >= 15 is 0 Å². The van der Waals surface area contributed by atoms with E-state index in [1.165, 1.54) is 43.6 Å². The third-order valence-electron chi connectivity index (χ3n) is 3.11. The van der Waals surface area contributed by atoms with Crippen molar-refractivity contribution in [2.45, 2.75) is 44.7 Å². The largest absolute Gasteiger partial charge is 0.297 e. The van der Waals surface area contributed by atoms with Crippen molar-refractivity contribution in [1.29, 1.82) is 0 Å². The number of hydrogen-bond donors (Lipinski definition) is 0. The first-order chi connectivity index (χ1) is 7.27. The van der Waals surface area contributed by atoms with E-state index in [1.807, 2.05) is 0 Å². The van der Waals surface area contributed by atoms with Crippen molar-refractivity contribution < 1.29 is 0 Å². The van der Waals surface area contributed by atoms with Crippen LogP contribution in [0.4, 0.5) is 0 Å². The van der Waals surface area contributed by atoms with Gasteiger partial charge >= 0.3 is 0 Å². The number of hydrogen-bond acceptors (Lipinski definition) is 4. The molecule has 15 heavy (non-hydrogen) atoms. The van der Waals surface area contributed by atoms with E-state index in [9.17, 15) is 0 Å². The summed E-state index contributed by atoms with van der Waals surface area (Å²) in [5.74, 6) is 0. The van der Waals surface area contributed by atoms with Crippen LogP contribution in [0.1, 0.15) is 37.8 Å². The minimum absolute atomic E-state index is 0.705. The Labute approximate surface area is 99.6 Å². The average molecular weight is 246 g/mol. The Kier molecular flexibility index (Phi) is 3.94. The van der Waals surface area contributed by atoms with Crippen molar-refractivity contribution in [3.05, 3.63) is 10.0 Å². The third-order valence-corrected chi connectivity index (χ3v) is 4.09. The van der Waals surface area contributed by atoms with Crippen LogP contribution in [0.15, 0.2) is 0 Å². The first-order valence-electron chi connectivity index (χ1n) is 5.44. The lowest BCUT2D eigenvalue weighted by atomic mass is 9.94. The highest BCUT2D eigenvalue weighted by molar-refractivity contribution is 7.10. The number of rotatable bonds is 3. The molecule has 0 aliphatic heterocycles. The quantitative estimate of drug-likeness (QED) is 0.820. The second-order valence-electron chi connectivity index (χ2n) is 4.20. The average Bonchev–Trinajstić information content (AvgIpc) is 2.66. The molecular weight excluding hydrogens is 230 g/mol. The van der Waals surface area contributed by atoms with E-state index in [-0.39, 0.29) is 0 Å². The SMILES string of the molecule is CN(Cc1nnsc1Cl)C1CCCCC1. The lowest BCUT2D eigenvalue weighted by Crippen LogP contribution is -2.33. The molecule has 1 saturated carbocycles. The van der Waals surface area contributed by atoms with Crippen LogP contribution in [0.25, 0.3) is 0 Å². The maximum Gasteiger partial charge on any atom is 0.138 e. The van der Waals surface area contributed by atoms with Gasteiger partial charge in [-0.05, 0) is 19.9 Å². The van der Waals surface area contributed by atoms with Crippen LogP contribution in [0.2, 0.25) is 4.34 Å². The smallest absolute Gasteiger partial charge is 0.138 e. The molecular formula is C10H16ClN3S. The van der Waals surface area contributed by atoms with Crippen LogP contribution in [-0.2, 0) is 6.54 Å². The monoisotopic (exact) mass is 245 g/mol. The molecule has 3 nitrogen and oxygen atoms in total. The third kappa shape index (κ3) is 2.89. The molecule has 0 saturated heterocycles. The molecule has 5 heteroatoms. The van der Waals surface area contributed by atoms with E-state index in [0.29, 0.717) is 6.04 Å². The van der Waals surface area contributed by atoms with E-state index in [2.05, 4.69) is 21.5 Å². The number of halogens is 1. The molecule has 1 fully saturated rings. The van der Waals surface area contributed by atoms with Gasteiger partial charge in [-0.2, -0.15) is 0 Å². The molecule has 2 rings (SSSR count). The zero-order valence-corrected chi connectivity index (χ0v) is 10.5. The predicted octanol–water partition coefficient (Wildman–Crippen LogP) is 2.96. The second-order valence-corrected chi connectivity index (χ2v) is 5.56. The van der Waals surface area contributed by atoms with Crippen molar-refractivity contribution >= 4 is 23.1 Å². The fourth-order valence-electron chi connectivity index (χ4n) is 2.18. The topological polar surface area (TPSA) is 29.0 Å². The van der Waals surface area contributed by atoms with Gasteiger partial charge in [0.1, 0.15) is 10.0 Å². The standard InChI is InChI=1S/C10H16ClN3S/c1-14(8-5-3-2-4-6-8)7-9-10(11)15-13-12-9/h8H,2-7H2,1H3. The molecule has 0 spiro atoms. The lowest BCUT2D eigenvalue weighted by Gasteiger charge is -2.30. The fraction of sp³-hybridized carbons (Fsp3) is 0.800. The van der Waals surface area contributed by atoms with Crippen LogP contribution in [-0.4, -0.2) is 27.6 Å². The highest BCUT2D eigenvalue weighted by Gasteiger charge is 2.19. The highest BCUT2D eigenvalue weighted by Crippen LogP contribution is 2.24. The second kappa shape index (κ2) is 5.23. The van der Waals surface area contributed by atoms with Gasteiger partial charge in [0.15, 0.2) is 0 Å². The Morgan fingerprint density at radius 3 is 2.73 bits per heavy atom. The van der Waals surface area contributed by atoms with Crippen molar-refractivity contribution in [3.8, 4) is 0 Å². The summed E-state index contributed by atoms with van der Waals surface area (Å²) in [6.45, 7) is 0.833. The summed E-state index contributed by atoms with van der Waals surface area (Å²) >= 11 is 7.26. The minimum atomic E-state index is 0.705. The molecule has 1 aromatic heterocycles. The molecule has 1 aliphatic rings. The van der Waals surface area contributed by atoms with Crippen LogP contribution < -0.4 is 0 Å². The molecule has 0 aromatic carbocycles. The van der Waals surface area contributed by atoms with Gasteiger partial charge in [-0.15, -0.1) is 5.10 Å². The molecule has 84 valence electrons. The maximum atomic E-state index is 5.99. The van der Waals surface area contributed by atoms with Crippen molar-refractivity contribution in [1.82, 2.24) is 14.5 Å². The fourth-order valence-corrected chi connectivity index (χ4v) is 2.79. The van der Waals surface area contributed by atoms with Crippen LogP contribution in [0.3, 0.4) is 0 Å². The van der Waals surface area contributed by atoms with E-state index in [4.69, 9.17) is 11.6 Å². The van der Waals surface area contributed by atoms with Gasteiger partial charge in [0, 0.05) is 24.1 Å². The molecule has 0 N–H and O–H groups in total. The summed E-state index contributed by atoms with van der Waals surface area (Å²) in [5.41, 5.74) is 0.926. The predicted molar refractivity (Wildman–Crippen MR) is 63.3 cm³/mol. The van der Waals surface area contributed by atoms with Crippen LogP contribution in [0.5, 0.6) is 0 Å². The number of aromatic nitrogens is 2. The summed E-state index contributed by atoms with van der Waals surface area (Å²) in [4.78, 5) is 2.36. The van der Waals surface area contributed by atoms with E-state index in [1.54, 1.807) is 0 Å². The summed E-state index contributed by atoms with van der Waals surface area (Å²) < 4.78 is 4.59. The molecule has 0 amide bonds. The summed E-state index contributed by atoms with van der Waals surface area (Å²) in [6, 6.07) is 0.705. The van der Waals surface area contributed by atoms with Crippen molar-refractivity contribution in [3.63, 3.8) is 0 Å². The first-order valence-corrected chi connectivity index (χ1v) is 6.59. The molecule has 0 bridgehead atoms. The molecule has 1 aliphatic carbocycles. The molecule has 0 atom stereocenters. The van der Waals surface area contributed by atoms with Gasteiger partial charge in [0.25, 0.3) is 0 Å². The first kappa shape index (κ1) is 11.3. The van der Waals surface area contributed by atoms with Crippen LogP contribution >= 0.6 is 23.1 Å². The van der Waals surface area contributed by atoms with Gasteiger partial charge in [-0.25, -0.2) is 0 Å². The highest BCUT2D eigenvalue weighted by atomic mass is 35.5. The van der Waals surface area contributed by atoms with Gasteiger partial charge in [-0.3, -0.25) is 4.90 Å². The zero-order chi connectivity index (χ0) is 10.7. The van der Waals surface area contributed by atoms with Gasteiger partial charge < -0.3 is 0 Å². The summed E-state index contributed by atoms with van der Waals surface area (Å²) in [7, 11) is 2.16. The normalized spacial score (nSPS) is 18.6. The summed E-state index contributed by atoms with van der Waals surface area (Å²) in [5, 5.41) is 4.05. The Hall–Kier alpha value is -0.190. The number of nitrogens with zero attached hydrogens (tertiary/aromatic N) is 3. The Bertz CT molecular complexity index is 309. The molecule has 0 radical (unpaired) electrons. The Morgan fingerprint density at radius 1 is 1.40 bits per heavy atom. The summed E-state index contributed by atoms with van der Waals surface area (Å²) in [6.07, 6.45) is 6.73.